The van der Waals surface area contributed by atoms with E-state index in [9.17, 15) is 14.4 Å². The number of benzene rings is 1. The lowest BCUT2D eigenvalue weighted by atomic mass is 9.98. The number of hydrogen-bond donors (Lipinski definition) is 0. The summed E-state index contributed by atoms with van der Waals surface area (Å²) in [5.74, 6) is -0.683. The van der Waals surface area contributed by atoms with Crippen LogP contribution in [-0.2, 0) is 19.1 Å². The molecule has 26 heavy (non-hydrogen) atoms. The van der Waals surface area contributed by atoms with E-state index in [2.05, 4.69) is 0 Å². The maximum Gasteiger partial charge on any atom is 0.315 e. The Bertz CT molecular complexity index is 656. The molecule has 0 saturated carbocycles. The van der Waals surface area contributed by atoms with Crippen LogP contribution in [0.3, 0.4) is 0 Å². The fraction of sp³-hybridized carbons (Fsp3) is 0.526. The lowest BCUT2D eigenvalue weighted by Crippen LogP contribution is -2.36. The zero-order chi connectivity index (χ0) is 19.1. The van der Waals surface area contributed by atoms with Crippen molar-refractivity contribution < 1.29 is 28.6 Å². The molecule has 0 aromatic heterocycles. The highest BCUT2D eigenvalue weighted by Crippen LogP contribution is 2.33. The van der Waals surface area contributed by atoms with Crippen molar-refractivity contribution in [1.29, 1.82) is 0 Å². The van der Waals surface area contributed by atoms with Crippen molar-refractivity contribution >= 4 is 17.8 Å². The number of esters is 1. The van der Waals surface area contributed by atoms with Gasteiger partial charge in [0.15, 0.2) is 11.5 Å². The molecule has 1 saturated heterocycles. The van der Waals surface area contributed by atoms with Crippen LogP contribution in [0.4, 0.5) is 0 Å². The standard InChI is InChI=1S/C19H25NO6/c1-4-24-15-8-7-13(11-16(15)25-5-2)14(19(23)26-6-3)12-20-17(21)9-10-18(20)22/h7-8,11,14H,4-6,9-10,12H2,1-3H3. The van der Waals surface area contributed by atoms with Gasteiger partial charge >= 0.3 is 5.97 Å². The summed E-state index contributed by atoms with van der Waals surface area (Å²) < 4.78 is 16.3. The first kappa shape index (κ1) is 19.8. The number of amides is 2. The number of ether oxygens (including phenoxy) is 3. The van der Waals surface area contributed by atoms with Gasteiger partial charge in [0.05, 0.1) is 19.8 Å². The van der Waals surface area contributed by atoms with Crippen molar-refractivity contribution in [2.45, 2.75) is 39.5 Å². The van der Waals surface area contributed by atoms with Gasteiger partial charge in [-0.05, 0) is 38.5 Å². The van der Waals surface area contributed by atoms with E-state index >= 15 is 0 Å². The van der Waals surface area contributed by atoms with Gasteiger partial charge in [0, 0.05) is 19.4 Å². The average Bonchev–Trinajstić information content (AvgIpc) is 2.93. The molecule has 0 radical (unpaired) electrons. The third kappa shape index (κ3) is 4.53. The number of nitrogens with zero attached hydrogens (tertiary/aromatic N) is 1. The fourth-order valence-electron chi connectivity index (χ4n) is 2.85. The topological polar surface area (TPSA) is 82.1 Å². The van der Waals surface area contributed by atoms with E-state index < -0.39 is 11.9 Å². The summed E-state index contributed by atoms with van der Waals surface area (Å²) in [6.07, 6.45) is 0.365. The van der Waals surface area contributed by atoms with Gasteiger partial charge in [0.25, 0.3) is 0 Å². The van der Waals surface area contributed by atoms with Crippen molar-refractivity contribution in [1.82, 2.24) is 4.90 Å². The second kappa shape index (κ2) is 9.22. The molecule has 1 heterocycles. The summed E-state index contributed by atoms with van der Waals surface area (Å²) in [5, 5.41) is 0. The van der Waals surface area contributed by atoms with Crippen LogP contribution in [0.2, 0.25) is 0 Å². The number of rotatable bonds is 9. The van der Waals surface area contributed by atoms with E-state index in [1.54, 1.807) is 25.1 Å². The van der Waals surface area contributed by atoms with Crippen LogP contribution in [-0.4, -0.2) is 49.0 Å². The summed E-state index contributed by atoms with van der Waals surface area (Å²) >= 11 is 0. The molecule has 7 heteroatoms. The summed E-state index contributed by atoms with van der Waals surface area (Å²) in [7, 11) is 0. The molecule has 0 aliphatic carbocycles. The Morgan fingerprint density at radius 1 is 1.00 bits per heavy atom. The highest BCUT2D eigenvalue weighted by Gasteiger charge is 2.34. The first-order valence-electron chi connectivity index (χ1n) is 8.91. The van der Waals surface area contributed by atoms with Gasteiger partial charge in [0.1, 0.15) is 5.92 Å². The maximum atomic E-state index is 12.5. The molecule has 2 rings (SSSR count). The van der Waals surface area contributed by atoms with Crippen LogP contribution in [0, 0.1) is 0 Å². The second-order valence-electron chi connectivity index (χ2n) is 5.77. The first-order chi connectivity index (χ1) is 12.5. The molecule has 1 unspecified atom stereocenters. The SMILES string of the molecule is CCOC(=O)C(CN1C(=O)CCC1=O)c1ccc(OCC)c(OCC)c1. The molecule has 1 aliphatic heterocycles. The van der Waals surface area contributed by atoms with Gasteiger partial charge in [-0.1, -0.05) is 6.07 Å². The van der Waals surface area contributed by atoms with E-state index in [0.717, 1.165) is 4.90 Å². The van der Waals surface area contributed by atoms with Crippen LogP contribution in [0.15, 0.2) is 18.2 Å². The Balaban J connectivity index is 2.34. The van der Waals surface area contributed by atoms with Crippen molar-refractivity contribution in [2.24, 2.45) is 0 Å². The smallest absolute Gasteiger partial charge is 0.315 e. The maximum absolute atomic E-state index is 12.5. The first-order valence-corrected chi connectivity index (χ1v) is 8.91. The predicted molar refractivity (Wildman–Crippen MR) is 94.1 cm³/mol. The monoisotopic (exact) mass is 363 g/mol. The van der Waals surface area contributed by atoms with E-state index in [1.807, 2.05) is 13.8 Å². The minimum Gasteiger partial charge on any atom is -0.490 e. The zero-order valence-corrected chi connectivity index (χ0v) is 15.4. The molecular formula is C19H25NO6. The van der Waals surface area contributed by atoms with Crippen LogP contribution < -0.4 is 9.47 Å². The number of imide groups is 1. The quantitative estimate of drug-likeness (QED) is 0.494. The van der Waals surface area contributed by atoms with Crippen molar-refractivity contribution in [3.05, 3.63) is 23.8 Å². The Kier molecular flexibility index (Phi) is 7.00. The molecule has 0 spiro atoms. The third-order valence-corrected chi connectivity index (χ3v) is 4.06. The Labute approximate surface area is 153 Å². The number of carbonyl (C=O) groups excluding carboxylic acids is 3. The Morgan fingerprint density at radius 3 is 2.19 bits per heavy atom. The van der Waals surface area contributed by atoms with Gasteiger partial charge in [0.2, 0.25) is 11.8 Å². The molecule has 0 N–H and O–H groups in total. The van der Waals surface area contributed by atoms with E-state index in [4.69, 9.17) is 14.2 Å². The molecule has 1 aliphatic rings. The van der Waals surface area contributed by atoms with Gasteiger partial charge in [-0.3, -0.25) is 19.3 Å². The third-order valence-electron chi connectivity index (χ3n) is 4.06. The van der Waals surface area contributed by atoms with E-state index in [0.29, 0.717) is 30.3 Å². The Hall–Kier alpha value is -2.57. The molecule has 7 nitrogen and oxygen atoms in total. The van der Waals surface area contributed by atoms with E-state index in [-0.39, 0.29) is 37.8 Å². The lowest BCUT2D eigenvalue weighted by Gasteiger charge is -2.22. The van der Waals surface area contributed by atoms with Crippen LogP contribution >= 0.6 is 0 Å². The summed E-state index contributed by atoms with van der Waals surface area (Å²) in [5.41, 5.74) is 0.614. The van der Waals surface area contributed by atoms with Gasteiger partial charge in [-0.25, -0.2) is 0 Å². The average molecular weight is 363 g/mol. The normalized spacial score (nSPS) is 15.1. The molecular weight excluding hydrogens is 338 g/mol. The molecule has 1 fully saturated rings. The number of likely N-dealkylation sites (tertiary alicyclic amines) is 1. The summed E-state index contributed by atoms with van der Waals surface area (Å²) in [6, 6.07) is 5.17. The van der Waals surface area contributed by atoms with Crippen molar-refractivity contribution in [3.63, 3.8) is 0 Å². The van der Waals surface area contributed by atoms with Gasteiger partial charge in [-0.2, -0.15) is 0 Å². The summed E-state index contributed by atoms with van der Waals surface area (Å²) in [6.45, 7) is 6.55. The molecule has 0 bridgehead atoms. The largest absolute Gasteiger partial charge is 0.490 e. The van der Waals surface area contributed by atoms with Crippen LogP contribution in [0.1, 0.15) is 45.1 Å². The van der Waals surface area contributed by atoms with Crippen LogP contribution in [0.5, 0.6) is 11.5 Å². The minimum atomic E-state index is -0.768. The summed E-state index contributed by atoms with van der Waals surface area (Å²) in [4.78, 5) is 37.5. The fourth-order valence-corrected chi connectivity index (χ4v) is 2.85. The Morgan fingerprint density at radius 2 is 1.62 bits per heavy atom. The van der Waals surface area contributed by atoms with Crippen molar-refractivity contribution in [2.75, 3.05) is 26.4 Å². The van der Waals surface area contributed by atoms with E-state index in [1.165, 1.54) is 0 Å². The molecule has 142 valence electrons. The number of carbonyl (C=O) groups is 3. The molecule has 2 amide bonds. The predicted octanol–water partition coefficient (Wildman–Crippen LogP) is 2.28. The lowest BCUT2D eigenvalue weighted by molar-refractivity contribution is -0.147. The minimum absolute atomic E-state index is 0.0317. The van der Waals surface area contributed by atoms with Crippen molar-refractivity contribution in [3.8, 4) is 11.5 Å². The molecule has 1 atom stereocenters. The second-order valence-corrected chi connectivity index (χ2v) is 5.77. The molecule has 1 aromatic rings. The zero-order valence-electron chi connectivity index (χ0n) is 15.4. The van der Waals surface area contributed by atoms with Crippen LogP contribution in [0.25, 0.3) is 0 Å². The number of hydrogen-bond acceptors (Lipinski definition) is 6. The highest BCUT2D eigenvalue weighted by molar-refractivity contribution is 6.02. The van der Waals surface area contributed by atoms with Gasteiger partial charge < -0.3 is 14.2 Å². The highest BCUT2D eigenvalue weighted by atomic mass is 16.5. The van der Waals surface area contributed by atoms with Gasteiger partial charge in [-0.15, -0.1) is 0 Å². The molecule has 1 aromatic carbocycles.